The number of furan rings is 1. The third-order valence-corrected chi connectivity index (χ3v) is 4.70. The van der Waals surface area contributed by atoms with Gasteiger partial charge in [0.15, 0.2) is 0 Å². The van der Waals surface area contributed by atoms with Gasteiger partial charge < -0.3 is 24.5 Å². The van der Waals surface area contributed by atoms with Crippen LogP contribution < -0.4 is 5.32 Å². The Balaban J connectivity index is 0.00000192. The van der Waals surface area contributed by atoms with Crippen LogP contribution >= 0.6 is 12.4 Å². The van der Waals surface area contributed by atoms with Gasteiger partial charge in [0.05, 0.1) is 31.1 Å². The highest BCUT2D eigenvalue weighted by Gasteiger charge is 2.42. The minimum absolute atomic E-state index is 0. The summed E-state index contributed by atoms with van der Waals surface area (Å²) >= 11 is 0. The number of nitrogens with zero attached hydrogens (tertiary/aromatic N) is 1. The van der Waals surface area contributed by atoms with E-state index in [4.69, 9.17) is 9.15 Å². The molecule has 1 amide bonds. The Bertz CT molecular complexity index is 502. The number of hydrogen-bond donors (Lipinski definition) is 2. The average Bonchev–Trinajstić information content (AvgIpc) is 3.19. The number of aliphatic hydroxyl groups excluding tert-OH is 1. The molecule has 1 aromatic heterocycles. The Morgan fingerprint density at radius 3 is 3.09 bits per heavy atom. The van der Waals surface area contributed by atoms with Crippen molar-refractivity contribution >= 4 is 18.3 Å². The van der Waals surface area contributed by atoms with Crippen LogP contribution in [-0.4, -0.2) is 53.8 Å². The number of rotatable bonds is 4. The van der Waals surface area contributed by atoms with Gasteiger partial charge in [0.25, 0.3) is 0 Å². The van der Waals surface area contributed by atoms with Gasteiger partial charge in [-0.05, 0) is 38.4 Å². The summed E-state index contributed by atoms with van der Waals surface area (Å²) in [5.74, 6) is 0.646. The number of morpholine rings is 1. The molecule has 0 saturated carbocycles. The Labute approximate surface area is 142 Å². The SMILES string of the molecule is CC1(C(=O)N2CCOCC2CC(O)c2ccco2)CCCN1.Cl. The van der Waals surface area contributed by atoms with E-state index in [0.717, 1.165) is 19.4 Å². The van der Waals surface area contributed by atoms with Gasteiger partial charge in [0.1, 0.15) is 11.9 Å². The molecule has 2 fully saturated rings. The first-order valence-corrected chi connectivity index (χ1v) is 7.95. The number of hydrogen-bond acceptors (Lipinski definition) is 5. The monoisotopic (exact) mass is 344 g/mol. The summed E-state index contributed by atoms with van der Waals surface area (Å²) in [6, 6.07) is 3.38. The fourth-order valence-corrected chi connectivity index (χ4v) is 3.37. The number of halogens is 1. The highest BCUT2D eigenvalue weighted by atomic mass is 35.5. The molecule has 0 bridgehead atoms. The van der Waals surface area contributed by atoms with Gasteiger partial charge in [0, 0.05) is 13.0 Å². The van der Waals surface area contributed by atoms with E-state index in [9.17, 15) is 9.90 Å². The fourth-order valence-electron chi connectivity index (χ4n) is 3.37. The molecule has 2 aliphatic rings. The van der Waals surface area contributed by atoms with E-state index in [2.05, 4.69) is 5.32 Å². The van der Waals surface area contributed by atoms with Gasteiger partial charge in [-0.3, -0.25) is 4.79 Å². The van der Waals surface area contributed by atoms with Gasteiger partial charge in [-0.1, -0.05) is 0 Å². The normalized spacial score (nSPS) is 29.1. The number of aliphatic hydroxyl groups is 1. The first-order valence-electron chi connectivity index (χ1n) is 7.95. The summed E-state index contributed by atoms with van der Waals surface area (Å²) in [7, 11) is 0. The topological polar surface area (TPSA) is 74.9 Å². The lowest BCUT2D eigenvalue weighted by molar-refractivity contribution is -0.147. The summed E-state index contributed by atoms with van der Waals surface area (Å²) in [6.45, 7) is 4.44. The molecule has 3 atom stereocenters. The van der Waals surface area contributed by atoms with Gasteiger partial charge >= 0.3 is 0 Å². The molecule has 3 rings (SSSR count). The zero-order chi connectivity index (χ0) is 15.6. The maximum atomic E-state index is 12.9. The minimum atomic E-state index is -0.721. The molecule has 6 nitrogen and oxygen atoms in total. The van der Waals surface area contributed by atoms with E-state index in [1.165, 1.54) is 0 Å². The van der Waals surface area contributed by atoms with Crippen molar-refractivity contribution in [3.8, 4) is 0 Å². The molecule has 0 aromatic carbocycles. The molecular weight excluding hydrogens is 320 g/mol. The van der Waals surface area contributed by atoms with Gasteiger partial charge in [0.2, 0.25) is 5.91 Å². The third-order valence-electron chi connectivity index (χ3n) is 4.70. The minimum Gasteiger partial charge on any atom is -0.467 e. The Kier molecular flexibility index (Phi) is 6.08. The van der Waals surface area contributed by atoms with Crippen LogP contribution in [0.3, 0.4) is 0 Å². The molecule has 0 spiro atoms. The van der Waals surface area contributed by atoms with Gasteiger partial charge in [-0.15, -0.1) is 12.4 Å². The highest BCUT2D eigenvalue weighted by Crippen LogP contribution is 2.27. The molecule has 23 heavy (non-hydrogen) atoms. The predicted octanol–water partition coefficient (Wildman–Crippen LogP) is 1.49. The van der Waals surface area contributed by atoms with Crippen molar-refractivity contribution in [2.75, 3.05) is 26.3 Å². The van der Waals surface area contributed by atoms with Crippen LogP contribution in [0.5, 0.6) is 0 Å². The molecule has 2 saturated heterocycles. The second-order valence-corrected chi connectivity index (χ2v) is 6.36. The maximum Gasteiger partial charge on any atom is 0.242 e. The van der Waals surface area contributed by atoms with E-state index >= 15 is 0 Å². The molecule has 1 aromatic rings. The zero-order valence-electron chi connectivity index (χ0n) is 13.4. The van der Waals surface area contributed by atoms with Gasteiger partial charge in [-0.25, -0.2) is 0 Å². The van der Waals surface area contributed by atoms with Crippen molar-refractivity contribution in [2.24, 2.45) is 0 Å². The van der Waals surface area contributed by atoms with Crippen LogP contribution in [0.25, 0.3) is 0 Å². The van der Waals surface area contributed by atoms with Crippen molar-refractivity contribution in [3.63, 3.8) is 0 Å². The van der Waals surface area contributed by atoms with Crippen LogP contribution in [0.2, 0.25) is 0 Å². The molecule has 130 valence electrons. The number of carbonyl (C=O) groups is 1. The molecule has 3 unspecified atom stereocenters. The van der Waals surface area contributed by atoms with Crippen molar-refractivity contribution in [1.82, 2.24) is 10.2 Å². The third kappa shape index (κ3) is 3.88. The predicted molar refractivity (Wildman–Crippen MR) is 87.5 cm³/mol. The summed E-state index contributed by atoms with van der Waals surface area (Å²) in [4.78, 5) is 14.8. The number of ether oxygens (including phenoxy) is 1. The number of nitrogens with one attached hydrogen (secondary N) is 1. The largest absolute Gasteiger partial charge is 0.467 e. The lowest BCUT2D eigenvalue weighted by Gasteiger charge is -2.40. The molecule has 3 heterocycles. The summed E-state index contributed by atoms with van der Waals surface area (Å²) in [5.41, 5.74) is -0.481. The van der Waals surface area contributed by atoms with E-state index in [-0.39, 0.29) is 24.4 Å². The van der Waals surface area contributed by atoms with E-state index in [1.807, 2.05) is 11.8 Å². The summed E-state index contributed by atoms with van der Waals surface area (Å²) in [5, 5.41) is 13.6. The average molecular weight is 345 g/mol. The van der Waals surface area contributed by atoms with Gasteiger partial charge in [-0.2, -0.15) is 0 Å². The first kappa shape index (κ1) is 18.3. The molecule has 2 aliphatic heterocycles. The number of carbonyl (C=O) groups excluding carboxylic acids is 1. The van der Waals surface area contributed by atoms with E-state index < -0.39 is 11.6 Å². The van der Waals surface area contributed by atoms with Crippen molar-refractivity contribution in [3.05, 3.63) is 24.2 Å². The molecule has 0 aliphatic carbocycles. The fraction of sp³-hybridized carbons (Fsp3) is 0.688. The van der Waals surface area contributed by atoms with Crippen LogP contribution in [0, 0.1) is 0 Å². The Morgan fingerprint density at radius 1 is 1.61 bits per heavy atom. The van der Waals surface area contributed by atoms with E-state index in [1.54, 1.807) is 18.4 Å². The van der Waals surface area contributed by atoms with Crippen LogP contribution in [0.4, 0.5) is 0 Å². The highest BCUT2D eigenvalue weighted by molar-refractivity contribution is 5.86. The first-order chi connectivity index (χ1) is 10.6. The summed E-state index contributed by atoms with van der Waals surface area (Å²) in [6.07, 6.45) is 3.13. The molecule has 2 N–H and O–H groups in total. The quantitative estimate of drug-likeness (QED) is 0.865. The Hall–Kier alpha value is -1.08. The zero-order valence-corrected chi connectivity index (χ0v) is 14.2. The second-order valence-electron chi connectivity index (χ2n) is 6.36. The van der Waals surface area contributed by atoms with Crippen molar-refractivity contribution in [1.29, 1.82) is 0 Å². The Morgan fingerprint density at radius 2 is 2.43 bits per heavy atom. The smallest absolute Gasteiger partial charge is 0.242 e. The lowest BCUT2D eigenvalue weighted by Crippen LogP contribution is -2.59. The van der Waals surface area contributed by atoms with Crippen LogP contribution in [0.1, 0.15) is 38.1 Å². The summed E-state index contributed by atoms with van der Waals surface area (Å²) < 4.78 is 10.8. The standard InChI is InChI=1S/C16H24N2O4.ClH/c1-16(5-3-6-17-16)15(20)18-7-9-21-11-12(18)10-13(19)14-4-2-8-22-14;/h2,4,8,12-13,17,19H,3,5-7,9-11H2,1H3;1H. The maximum absolute atomic E-state index is 12.9. The second kappa shape index (κ2) is 7.66. The molecular formula is C16H25ClN2O4. The van der Waals surface area contributed by atoms with Crippen molar-refractivity contribution in [2.45, 2.75) is 43.9 Å². The van der Waals surface area contributed by atoms with Crippen LogP contribution in [-0.2, 0) is 9.53 Å². The molecule has 0 radical (unpaired) electrons. The van der Waals surface area contributed by atoms with E-state index in [0.29, 0.717) is 31.9 Å². The number of amides is 1. The molecule has 7 heteroatoms. The van der Waals surface area contributed by atoms with Crippen LogP contribution in [0.15, 0.2) is 22.8 Å². The van der Waals surface area contributed by atoms with Crippen molar-refractivity contribution < 1.29 is 19.1 Å². The lowest BCUT2D eigenvalue weighted by atomic mass is 9.95.